The monoisotopic (exact) mass is 298 g/mol. The Balaban J connectivity index is 1.71. The number of benzene rings is 1. The maximum absolute atomic E-state index is 4.31. The van der Waals surface area contributed by atoms with E-state index >= 15 is 0 Å². The summed E-state index contributed by atoms with van der Waals surface area (Å²) in [6, 6.07) is 7.68. The minimum Gasteiger partial charge on any atom is -0.308 e. The summed E-state index contributed by atoms with van der Waals surface area (Å²) < 4.78 is 1.88. The van der Waals surface area contributed by atoms with Gasteiger partial charge in [0.15, 0.2) is 0 Å². The number of aromatic nitrogens is 2. The van der Waals surface area contributed by atoms with Crippen molar-refractivity contribution < 1.29 is 0 Å². The highest BCUT2D eigenvalue weighted by Gasteiger charge is 2.24. The van der Waals surface area contributed by atoms with E-state index in [0.717, 1.165) is 6.54 Å². The Kier molecular flexibility index (Phi) is 4.32. The normalized spacial score (nSPS) is 18.7. The van der Waals surface area contributed by atoms with Gasteiger partial charge in [0.05, 0.1) is 6.20 Å². The summed E-state index contributed by atoms with van der Waals surface area (Å²) in [7, 11) is 6.23. The summed E-state index contributed by atoms with van der Waals surface area (Å²) in [5.41, 5.74) is 5.61. The van der Waals surface area contributed by atoms with Crippen molar-refractivity contribution in [2.24, 2.45) is 7.05 Å². The molecule has 0 unspecified atom stereocenters. The molecule has 0 aliphatic heterocycles. The maximum Gasteiger partial charge on any atom is 0.0538 e. The van der Waals surface area contributed by atoms with Crippen molar-refractivity contribution >= 4 is 0 Å². The van der Waals surface area contributed by atoms with E-state index in [1.165, 1.54) is 35.1 Å². The number of nitrogens with zero attached hydrogens (tertiary/aromatic N) is 3. The third-order valence-electron chi connectivity index (χ3n) is 4.67. The van der Waals surface area contributed by atoms with Crippen LogP contribution in [0.4, 0.5) is 0 Å². The Morgan fingerprint density at radius 3 is 2.91 bits per heavy atom. The summed E-state index contributed by atoms with van der Waals surface area (Å²) in [6.07, 6.45) is 6.47. The van der Waals surface area contributed by atoms with Crippen LogP contribution in [-0.4, -0.2) is 35.3 Å². The first-order chi connectivity index (χ1) is 10.5. The first-order valence-electron chi connectivity index (χ1n) is 8.02. The molecule has 3 rings (SSSR count). The van der Waals surface area contributed by atoms with E-state index in [1.54, 1.807) is 0 Å². The van der Waals surface area contributed by atoms with E-state index in [1.807, 2.05) is 17.9 Å². The number of fused-ring (bicyclic) bond motifs is 1. The Bertz CT molecular complexity index is 644. The highest BCUT2D eigenvalue weighted by Crippen LogP contribution is 2.32. The van der Waals surface area contributed by atoms with Crippen LogP contribution in [0.2, 0.25) is 0 Å². The molecule has 0 saturated carbocycles. The van der Waals surface area contributed by atoms with Crippen molar-refractivity contribution in [1.82, 2.24) is 20.0 Å². The highest BCUT2D eigenvalue weighted by atomic mass is 15.2. The van der Waals surface area contributed by atoms with Gasteiger partial charge in [0.2, 0.25) is 0 Å². The molecule has 0 spiro atoms. The average Bonchev–Trinajstić information content (AvgIpc) is 3.06. The molecule has 1 aliphatic rings. The van der Waals surface area contributed by atoms with E-state index in [9.17, 15) is 0 Å². The third kappa shape index (κ3) is 3.08. The molecule has 2 atom stereocenters. The third-order valence-corrected chi connectivity index (χ3v) is 4.67. The lowest BCUT2D eigenvalue weighted by atomic mass is 10.0. The highest BCUT2D eigenvalue weighted by molar-refractivity contribution is 5.37. The zero-order valence-electron chi connectivity index (χ0n) is 14.0. The van der Waals surface area contributed by atoms with Crippen molar-refractivity contribution in [3.63, 3.8) is 0 Å². The van der Waals surface area contributed by atoms with Gasteiger partial charge in [0.1, 0.15) is 0 Å². The minimum absolute atomic E-state index is 0.350. The quantitative estimate of drug-likeness (QED) is 0.921. The molecule has 118 valence electrons. The Morgan fingerprint density at radius 1 is 1.41 bits per heavy atom. The first kappa shape index (κ1) is 15.3. The summed E-state index contributed by atoms with van der Waals surface area (Å²) in [6.45, 7) is 3.12. The molecule has 0 saturated heterocycles. The van der Waals surface area contributed by atoms with E-state index in [4.69, 9.17) is 0 Å². The number of hydrogen-bond acceptors (Lipinski definition) is 3. The topological polar surface area (TPSA) is 33.1 Å². The molecule has 22 heavy (non-hydrogen) atoms. The summed E-state index contributed by atoms with van der Waals surface area (Å²) >= 11 is 0. The fraction of sp³-hybridized carbons (Fsp3) is 0.500. The van der Waals surface area contributed by atoms with Crippen LogP contribution in [0.3, 0.4) is 0 Å². The van der Waals surface area contributed by atoms with Gasteiger partial charge < -0.3 is 10.2 Å². The molecule has 1 heterocycles. The van der Waals surface area contributed by atoms with Crippen LogP contribution in [-0.2, 0) is 13.5 Å². The van der Waals surface area contributed by atoms with Gasteiger partial charge in [-0.15, -0.1) is 0 Å². The minimum atomic E-state index is 0.350. The molecule has 4 heteroatoms. The zero-order chi connectivity index (χ0) is 15.7. The molecule has 0 bridgehead atoms. The molecule has 1 aromatic carbocycles. The van der Waals surface area contributed by atoms with E-state index in [-0.39, 0.29) is 0 Å². The van der Waals surface area contributed by atoms with Crippen molar-refractivity contribution in [2.45, 2.75) is 31.8 Å². The van der Waals surface area contributed by atoms with Gasteiger partial charge in [0.25, 0.3) is 0 Å². The predicted octanol–water partition coefficient (Wildman–Crippen LogP) is 2.61. The van der Waals surface area contributed by atoms with E-state index in [2.05, 4.69) is 60.7 Å². The maximum atomic E-state index is 4.31. The van der Waals surface area contributed by atoms with Crippen molar-refractivity contribution in [1.29, 1.82) is 0 Å². The molecule has 0 radical (unpaired) electrons. The lowest BCUT2D eigenvalue weighted by molar-refractivity contribution is 0.279. The number of aryl methyl sites for hydroxylation is 3. The molecule has 2 aromatic rings. The van der Waals surface area contributed by atoms with Gasteiger partial charge in [0, 0.05) is 37.4 Å². The SMILES string of the molecule is Cc1ccc2c(c1)[C@@H](NC[C@@H](c1cnn(C)c1)N(C)C)CC2. The smallest absolute Gasteiger partial charge is 0.0538 e. The van der Waals surface area contributed by atoms with Gasteiger partial charge in [-0.05, 0) is 45.0 Å². The Hall–Kier alpha value is -1.65. The van der Waals surface area contributed by atoms with Crippen LogP contribution >= 0.6 is 0 Å². The molecular formula is C18H26N4. The molecular weight excluding hydrogens is 272 g/mol. The molecule has 1 N–H and O–H groups in total. The van der Waals surface area contributed by atoms with Crippen LogP contribution in [0.15, 0.2) is 30.6 Å². The standard InChI is InChI=1S/C18H26N4/c1-13-5-6-14-7-8-17(16(14)9-13)19-11-18(21(2)3)15-10-20-22(4)12-15/h5-6,9-10,12,17-19H,7-8,11H2,1-4H3/t17-,18-/m0/s1. The zero-order valence-corrected chi connectivity index (χ0v) is 14.0. The summed E-state index contributed by atoms with van der Waals surface area (Å²) in [5.74, 6) is 0. The van der Waals surface area contributed by atoms with Gasteiger partial charge >= 0.3 is 0 Å². The summed E-state index contributed by atoms with van der Waals surface area (Å²) in [5, 5.41) is 8.08. The van der Waals surface area contributed by atoms with E-state index < -0.39 is 0 Å². The fourth-order valence-corrected chi connectivity index (χ4v) is 3.40. The number of likely N-dealkylation sites (N-methyl/N-ethyl adjacent to an activating group) is 1. The molecule has 0 fully saturated rings. The number of nitrogens with one attached hydrogen (secondary N) is 1. The summed E-state index contributed by atoms with van der Waals surface area (Å²) in [4.78, 5) is 2.26. The Labute approximate surface area is 133 Å². The second-order valence-corrected chi connectivity index (χ2v) is 6.63. The van der Waals surface area contributed by atoms with Crippen LogP contribution in [0.25, 0.3) is 0 Å². The number of rotatable bonds is 5. The lowest BCUT2D eigenvalue weighted by Crippen LogP contribution is -2.32. The fourth-order valence-electron chi connectivity index (χ4n) is 3.40. The van der Waals surface area contributed by atoms with Crippen molar-refractivity contribution in [2.75, 3.05) is 20.6 Å². The van der Waals surface area contributed by atoms with Crippen LogP contribution < -0.4 is 5.32 Å². The number of hydrogen-bond donors (Lipinski definition) is 1. The van der Waals surface area contributed by atoms with Crippen molar-refractivity contribution in [3.8, 4) is 0 Å². The van der Waals surface area contributed by atoms with E-state index in [0.29, 0.717) is 12.1 Å². The van der Waals surface area contributed by atoms with Gasteiger partial charge in [-0.3, -0.25) is 4.68 Å². The van der Waals surface area contributed by atoms with Crippen LogP contribution in [0.5, 0.6) is 0 Å². The second-order valence-electron chi connectivity index (χ2n) is 6.63. The molecule has 0 amide bonds. The van der Waals surface area contributed by atoms with Gasteiger partial charge in [-0.2, -0.15) is 5.10 Å². The van der Waals surface area contributed by atoms with Crippen molar-refractivity contribution in [3.05, 3.63) is 52.8 Å². The predicted molar refractivity (Wildman–Crippen MR) is 89.9 cm³/mol. The largest absolute Gasteiger partial charge is 0.308 e. The Morgan fingerprint density at radius 2 is 2.23 bits per heavy atom. The molecule has 4 nitrogen and oxygen atoms in total. The second kappa shape index (κ2) is 6.23. The van der Waals surface area contributed by atoms with Crippen LogP contribution in [0, 0.1) is 6.92 Å². The lowest BCUT2D eigenvalue weighted by Gasteiger charge is -2.26. The van der Waals surface area contributed by atoms with Gasteiger partial charge in [-0.25, -0.2) is 0 Å². The molecule has 1 aliphatic carbocycles. The van der Waals surface area contributed by atoms with Crippen LogP contribution in [0.1, 0.15) is 40.8 Å². The average molecular weight is 298 g/mol. The first-order valence-corrected chi connectivity index (χ1v) is 8.02. The van der Waals surface area contributed by atoms with Gasteiger partial charge in [-0.1, -0.05) is 23.8 Å². The molecule has 1 aromatic heterocycles.